The number of carbonyl (C=O) groups excluding carboxylic acids is 2. The van der Waals surface area contributed by atoms with Gasteiger partial charge in [-0.3, -0.25) is 9.59 Å². The summed E-state index contributed by atoms with van der Waals surface area (Å²) in [5.74, 6) is -0.142. The molecule has 0 spiro atoms. The minimum atomic E-state index is -0.289. The molecule has 2 aromatic rings. The summed E-state index contributed by atoms with van der Waals surface area (Å²) >= 11 is 0. The molecule has 4 heteroatoms. The van der Waals surface area contributed by atoms with E-state index in [1.165, 1.54) is 0 Å². The van der Waals surface area contributed by atoms with Gasteiger partial charge in [-0.05, 0) is 39.0 Å². The highest BCUT2D eigenvalue weighted by Crippen LogP contribution is 2.20. The molecule has 1 amide bonds. The molecule has 1 aromatic carbocycles. The molecule has 0 atom stereocenters. The second-order valence-corrected chi connectivity index (χ2v) is 5.33. The Kier molecular flexibility index (Phi) is 2.95. The molecule has 2 rings (SSSR count). The number of hydrogen-bond donors (Lipinski definition) is 2. The smallest absolute Gasteiger partial charge is 0.253 e. The molecule has 18 heavy (non-hydrogen) atoms. The van der Waals surface area contributed by atoms with Crippen LogP contribution in [0, 0.1) is 0 Å². The first-order valence-corrected chi connectivity index (χ1v) is 5.79. The van der Waals surface area contributed by atoms with Crippen molar-refractivity contribution in [2.24, 2.45) is 0 Å². The molecule has 2 N–H and O–H groups in total. The van der Waals surface area contributed by atoms with E-state index >= 15 is 0 Å². The first-order valence-electron chi connectivity index (χ1n) is 5.79. The third kappa shape index (κ3) is 2.42. The topological polar surface area (TPSA) is 62.0 Å². The Morgan fingerprint density at radius 3 is 2.67 bits per heavy atom. The minimum absolute atomic E-state index is 0.142. The van der Waals surface area contributed by atoms with Crippen molar-refractivity contribution in [1.82, 2.24) is 10.3 Å². The van der Waals surface area contributed by atoms with Crippen LogP contribution >= 0.6 is 0 Å². The fraction of sp³-hybridized carbons (Fsp3) is 0.286. The SMILES string of the molecule is CC(C)(C)NC(=O)c1c[nH]c2ccc(C=O)cc12. The first kappa shape index (κ1) is 12.4. The zero-order valence-corrected chi connectivity index (χ0v) is 10.7. The molecule has 0 unspecified atom stereocenters. The number of aromatic nitrogens is 1. The van der Waals surface area contributed by atoms with E-state index < -0.39 is 0 Å². The zero-order chi connectivity index (χ0) is 13.3. The van der Waals surface area contributed by atoms with Gasteiger partial charge in [0.25, 0.3) is 5.91 Å². The van der Waals surface area contributed by atoms with Gasteiger partial charge < -0.3 is 10.3 Å². The molecule has 0 fully saturated rings. The maximum atomic E-state index is 12.1. The van der Waals surface area contributed by atoms with Crippen molar-refractivity contribution in [3.05, 3.63) is 35.5 Å². The van der Waals surface area contributed by atoms with Crippen LogP contribution in [-0.2, 0) is 0 Å². The summed E-state index contributed by atoms with van der Waals surface area (Å²) in [5, 5.41) is 3.67. The van der Waals surface area contributed by atoms with E-state index in [0.29, 0.717) is 11.1 Å². The Bertz CT molecular complexity index is 606. The molecule has 0 radical (unpaired) electrons. The Morgan fingerprint density at radius 1 is 1.33 bits per heavy atom. The lowest BCUT2D eigenvalue weighted by molar-refractivity contribution is 0.0921. The zero-order valence-electron chi connectivity index (χ0n) is 10.7. The van der Waals surface area contributed by atoms with Gasteiger partial charge in [0.15, 0.2) is 0 Å². The number of nitrogens with one attached hydrogen (secondary N) is 2. The van der Waals surface area contributed by atoms with E-state index in [2.05, 4.69) is 10.3 Å². The van der Waals surface area contributed by atoms with Crippen molar-refractivity contribution in [3.8, 4) is 0 Å². The summed E-state index contributed by atoms with van der Waals surface area (Å²) in [4.78, 5) is 25.9. The van der Waals surface area contributed by atoms with Crippen LogP contribution in [-0.4, -0.2) is 22.7 Å². The van der Waals surface area contributed by atoms with Gasteiger partial charge in [0.2, 0.25) is 0 Å². The number of carbonyl (C=O) groups is 2. The summed E-state index contributed by atoms with van der Waals surface area (Å²) in [6.07, 6.45) is 2.44. The third-order valence-corrected chi connectivity index (χ3v) is 2.58. The third-order valence-electron chi connectivity index (χ3n) is 2.58. The molecule has 94 valence electrons. The quantitative estimate of drug-likeness (QED) is 0.797. The van der Waals surface area contributed by atoms with Crippen molar-refractivity contribution in [2.45, 2.75) is 26.3 Å². The fourth-order valence-corrected chi connectivity index (χ4v) is 1.81. The van der Waals surface area contributed by atoms with Crippen LogP contribution in [0.2, 0.25) is 0 Å². The standard InChI is InChI=1S/C14H16N2O2/c1-14(2,3)16-13(18)11-7-15-12-5-4-9(8-17)6-10(11)12/h4-8,15H,1-3H3,(H,16,18). The van der Waals surface area contributed by atoms with Crippen molar-refractivity contribution < 1.29 is 9.59 Å². The molecule has 0 aliphatic heterocycles. The summed E-state index contributed by atoms with van der Waals surface area (Å²) in [6, 6.07) is 5.24. The number of hydrogen-bond acceptors (Lipinski definition) is 2. The van der Waals surface area contributed by atoms with Crippen LogP contribution in [0.25, 0.3) is 10.9 Å². The maximum absolute atomic E-state index is 12.1. The largest absolute Gasteiger partial charge is 0.360 e. The highest BCUT2D eigenvalue weighted by Gasteiger charge is 2.18. The Morgan fingerprint density at radius 2 is 2.06 bits per heavy atom. The van der Waals surface area contributed by atoms with Gasteiger partial charge in [-0.15, -0.1) is 0 Å². The van der Waals surface area contributed by atoms with E-state index in [0.717, 1.165) is 17.2 Å². The predicted molar refractivity (Wildman–Crippen MR) is 70.9 cm³/mol. The highest BCUT2D eigenvalue weighted by molar-refractivity contribution is 6.07. The fourth-order valence-electron chi connectivity index (χ4n) is 1.81. The molecule has 4 nitrogen and oxygen atoms in total. The lowest BCUT2D eigenvalue weighted by Gasteiger charge is -2.20. The van der Waals surface area contributed by atoms with Crippen LogP contribution in [0.1, 0.15) is 41.5 Å². The molecule has 1 aromatic heterocycles. The van der Waals surface area contributed by atoms with Gasteiger partial charge in [0.05, 0.1) is 5.56 Å². The first-order chi connectivity index (χ1) is 8.40. The van der Waals surface area contributed by atoms with E-state index in [-0.39, 0.29) is 11.4 Å². The Hall–Kier alpha value is -2.10. The Balaban J connectivity index is 2.45. The van der Waals surface area contributed by atoms with Gasteiger partial charge in [0.1, 0.15) is 6.29 Å². The van der Waals surface area contributed by atoms with Gasteiger partial charge in [-0.2, -0.15) is 0 Å². The maximum Gasteiger partial charge on any atom is 0.253 e. The average Bonchev–Trinajstić information content (AvgIpc) is 2.69. The summed E-state index contributed by atoms with van der Waals surface area (Å²) < 4.78 is 0. The molecule has 0 aliphatic carbocycles. The number of fused-ring (bicyclic) bond motifs is 1. The second-order valence-electron chi connectivity index (χ2n) is 5.33. The van der Waals surface area contributed by atoms with Gasteiger partial charge >= 0.3 is 0 Å². The van der Waals surface area contributed by atoms with Gasteiger partial charge in [0, 0.05) is 28.2 Å². The summed E-state index contributed by atoms with van der Waals surface area (Å²) in [5.41, 5.74) is 1.68. The van der Waals surface area contributed by atoms with E-state index in [1.54, 1.807) is 24.4 Å². The van der Waals surface area contributed by atoms with Crippen LogP contribution in [0.3, 0.4) is 0 Å². The molecule has 0 bridgehead atoms. The molecule has 0 saturated heterocycles. The van der Waals surface area contributed by atoms with Crippen LogP contribution in [0.5, 0.6) is 0 Å². The number of aromatic amines is 1. The van der Waals surface area contributed by atoms with Crippen molar-refractivity contribution >= 4 is 23.1 Å². The number of H-pyrrole nitrogens is 1. The highest BCUT2D eigenvalue weighted by atomic mass is 16.1. The minimum Gasteiger partial charge on any atom is -0.360 e. The lowest BCUT2D eigenvalue weighted by atomic mass is 10.1. The molecule has 0 aliphatic rings. The summed E-state index contributed by atoms with van der Waals surface area (Å²) in [6.45, 7) is 5.78. The second kappa shape index (κ2) is 4.29. The predicted octanol–water partition coefficient (Wildman–Crippen LogP) is 2.51. The molecule has 0 saturated carbocycles. The van der Waals surface area contributed by atoms with Crippen LogP contribution in [0.15, 0.2) is 24.4 Å². The number of benzene rings is 1. The van der Waals surface area contributed by atoms with Crippen molar-refractivity contribution in [3.63, 3.8) is 0 Å². The van der Waals surface area contributed by atoms with Gasteiger partial charge in [-0.25, -0.2) is 0 Å². The summed E-state index contributed by atoms with van der Waals surface area (Å²) in [7, 11) is 0. The van der Waals surface area contributed by atoms with E-state index in [9.17, 15) is 9.59 Å². The van der Waals surface area contributed by atoms with Crippen LogP contribution in [0.4, 0.5) is 0 Å². The molecular formula is C14H16N2O2. The monoisotopic (exact) mass is 244 g/mol. The van der Waals surface area contributed by atoms with Gasteiger partial charge in [-0.1, -0.05) is 0 Å². The van der Waals surface area contributed by atoms with E-state index in [1.807, 2.05) is 20.8 Å². The molecule has 1 heterocycles. The number of amides is 1. The van der Waals surface area contributed by atoms with Crippen LogP contribution < -0.4 is 5.32 Å². The van der Waals surface area contributed by atoms with Crippen molar-refractivity contribution in [2.75, 3.05) is 0 Å². The number of aldehydes is 1. The number of rotatable bonds is 2. The van der Waals surface area contributed by atoms with E-state index in [4.69, 9.17) is 0 Å². The Labute approximate surface area is 105 Å². The molecular weight excluding hydrogens is 228 g/mol. The lowest BCUT2D eigenvalue weighted by Crippen LogP contribution is -2.40. The van der Waals surface area contributed by atoms with Crippen molar-refractivity contribution in [1.29, 1.82) is 0 Å². The average molecular weight is 244 g/mol. The normalized spacial score (nSPS) is 11.5.